The summed E-state index contributed by atoms with van der Waals surface area (Å²) in [6.07, 6.45) is 0.337. The quantitative estimate of drug-likeness (QED) is 0.526. The summed E-state index contributed by atoms with van der Waals surface area (Å²) < 4.78 is 18.7. The molecule has 1 atom stereocenters. The fourth-order valence-electron chi connectivity index (χ4n) is 3.31. The Morgan fingerprint density at radius 1 is 1.00 bits per heavy atom. The van der Waals surface area contributed by atoms with Gasteiger partial charge in [0.15, 0.2) is 6.61 Å². The topological polar surface area (TPSA) is 58.6 Å². The molecule has 0 aromatic heterocycles. The van der Waals surface area contributed by atoms with Gasteiger partial charge in [0.2, 0.25) is 5.91 Å². The largest absolute Gasteiger partial charge is 0.484 e. The van der Waals surface area contributed by atoms with E-state index in [0.717, 1.165) is 11.1 Å². The molecule has 0 aliphatic rings. The molecule has 1 unspecified atom stereocenters. The zero-order valence-corrected chi connectivity index (χ0v) is 18.4. The molecular formula is C25H24ClFN2O3. The van der Waals surface area contributed by atoms with Crippen LogP contribution in [0, 0.1) is 5.82 Å². The summed E-state index contributed by atoms with van der Waals surface area (Å²) in [4.78, 5) is 27.5. The zero-order chi connectivity index (χ0) is 22.9. The Bertz CT molecular complexity index is 1040. The number of benzene rings is 3. The number of amides is 2. The number of hydrogen-bond donors (Lipinski definition) is 1. The van der Waals surface area contributed by atoms with Gasteiger partial charge in [0, 0.05) is 25.0 Å². The van der Waals surface area contributed by atoms with Gasteiger partial charge < -0.3 is 15.0 Å². The van der Waals surface area contributed by atoms with Crippen molar-refractivity contribution in [2.24, 2.45) is 0 Å². The molecule has 0 bridgehead atoms. The van der Waals surface area contributed by atoms with Crippen LogP contribution in [0.1, 0.15) is 11.1 Å². The first-order chi connectivity index (χ1) is 15.5. The summed E-state index contributed by atoms with van der Waals surface area (Å²) in [5.74, 6) is -0.694. The Hall–Kier alpha value is -3.38. The molecule has 0 aliphatic heterocycles. The zero-order valence-electron chi connectivity index (χ0n) is 17.6. The lowest BCUT2D eigenvalue weighted by Crippen LogP contribution is -2.51. The van der Waals surface area contributed by atoms with Gasteiger partial charge in [-0.15, -0.1) is 0 Å². The van der Waals surface area contributed by atoms with Crippen LogP contribution in [0.4, 0.5) is 4.39 Å². The maximum Gasteiger partial charge on any atom is 0.261 e. The van der Waals surface area contributed by atoms with E-state index in [4.69, 9.17) is 16.3 Å². The van der Waals surface area contributed by atoms with Crippen molar-refractivity contribution in [1.29, 1.82) is 0 Å². The molecule has 0 saturated heterocycles. The van der Waals surface area contributed by atoms with E-state index < -0.39 is 11.9 Å². The number of nitrogens with zero attached hydrogens (tertiary/aromatic N) is 1. The van der Waals surface area contributed by atoms with Gasteiger partial charge in [-0.05, 0) is 47.5 Å². The van der Waals surface area contributed by atoms with E-state index in [1.807, 2.05) is 36.4 Å². The molecular weight excluding hydrogens is 431 g/mol. The van der Waals surface area contributed by atoms with Crippen LogP contribution in [0.5, 0.6) is 5.75 Å². The lowest BCUT2D eigenvalue weighted by molar-refractivity contribution is -0.142. The fourth-order valence-corrected chi connectivity index (χ4v) is 3.52. The van der Waals surface area contributed by atoms with Gasteiger partial charge in [-0.1, -0.05) is 54.1 Å². The SMILES string of the molecule is CNC(=O)C(Cc1ccccc1)N(Cc1cccc(Cl)c1)C(=O)COc1ccc(F)cc1. The van der Waals surface area contributed by atoms with Crippen LogP contribution in [0.25, 0.3) is 0 Å². The molecule has 1 N–H and O–H groups in total. The van der Waals surface area contributed by atoms with Gasteiger partial charge in [0.05, 0.1) is 0 Å². The Morgan fingerprint density at radius 3 is 2.34 bits per heavy atom. The van der Waals surface area contributed by atoms with Crippen LogP contribution >= 0.6 is 11.6 Å². The molecule has 5 nitrogen and oxygen atoms in total. The molecule has 3 aromatic rings. The summed E-state index contributed by atoms with van der Waals surface area (Å²) in [5, 5.41) is 3.20. The second-order valence-electron chi connectivity index (χ2n) is 7.21. The van der Waals surface area contributed by atoms with Crippen molar-refractivity contribution in [1.82, 2.24) is 10.2 Å². The molecule has 0 fully saturated rings. The highest BCUT2D eigenvalue weighted by Crippen LogP contribution is 2.18. The van der Waals surface area contributed by atoms with Crippen LogP contribution < -0.4 is 10.1 Å². The number of hydrogen-bond acceptors (Lipinski definition) is 3. The van der Waals surface area contributed by atoms with Gasteiger partial charge in [-0.25, -0.2) is 4.39 Å². The third kappa shape index (κ3) is 6.56. The van der Waals surface area contributed by atoms with Gasteiger partial charge >= 0.3 is 0 Å². The van der Waals surface area contributed by atoms with Gasteiger partial charge in [-0.3, -0.25) is 9.59 Å². The van der Waals surface area contributed by atoms with Crippen LogP contribution in [-0.4, -0.2) is 36.4 Å². The van der Waals surface area contributed by atoms with Crippen molar-refractivity contribution >= 4 is 23.4 Å². The monoisotopic (exact) mass is 454 g/mol. The van der Waals surface area contributed by atoms with E-state index in [1.165, 1.54) is 36.2 Å². The van der Waals surface area contributed by atoms with Crippen LogP contribution in [0.3, 0.4) is 0 Å². The minimum absolute atomic E-state index is 0.178. The molecule has 0 saturated carbocycles. The number of carbonyl (C=O) groups excluding carboxylic acids is 2. The fraction of sp³-hybridized carbons (Fsp3) is 0.200. The van der Waals surface area contributed by atoms with Crippen molar-refractivity contribution in [3.8, 4) is 5.75 Å². The lowest BCUT2D eigenvalue weighted by Gasteiger charge is -2.31. The molecule has 0 spiro atoms. The lowest BCUT2D eigenvalue weighted by atomic mass is 10.0. The van der Waals surface area contributed by atoms with Crippen LogP contribution in [0.15, 0.2) is 78.9 Å². The number of carbonyl (C=O) groups is 2. The number of nitrogens with one attached hydrogen (secondary N) is 1. The van der Waals surface area contributed by atoms with Crippen molar-refractivity contribution in [2.75, 3.05) is 13.7 Å². The summed E-state index contributed by atoms with van der Waals surface area (Å²) in [6, 6.07) is 21.3. The summed E-state index contributed by atoms with van der Waals surface area (Å²) in [6.45, 7) is -0.119. The maximum atomic E-state index is 13.2. The number of likely N-dealkylation sites (N-methyl/N-ethyl adjacent to an activating group) is 1. The van der Waals surface area contributed by atoms with E-state index in [0.29, 0.717) is 17.2 Å². The summed E-state index contributed by atoms with van der Waals surface area (Å²) >= 11 is 6.12. The molecule has 166 valence electrons. The first kappa shape index (κ1) is 23.3. The second kappa shape index (κ2) is 11.3. The molecule has 0 aliphatic carbocycles. The second-order valence-corrected chi connectivity index (χ2v) is 7.65. The van der Waals surface area contributed by atoms with Crippen molar-refractivity contribution < 1.29 is 18.7 Å². The third-order valence-electron chi connectivity index (χ3n) is 4.94. The third-order valence-corrected chi connectivity index (χ3v) is 5.17. The Labute approximate surface area is 191 Å². The van der Waals surface area contributed by atoms with Crippen molar-refractivity contribution in [3.63, 3.8) is 0 Å². The molecule has 7 heteroatoms. The number of ether oxygens (including phenoxy) is 1. The van der Waals surface area contributed by atoms with E-state index >= 15 is 0 Å². The molecule has 0 heterocycles. The van der Waals surface area contributed by atoms with Crippen molar-refractivity contribution in [2.45, 2.75) is 19.0 Å². The predicted octanol–water partition coefficient (Wildman–Crippen LogP) is 4.24. The normalized spacial score (nSPS) is 11.5. The van der Waals surface area contributed by atoms with Gasteiger partial charge in [-0.2, -0.15) is 0 Å². The van der Waals surface area contributed by atoms with Gasteiger partial charge in [0.1, 0.15) is 17.6 Å². The standard InChI is InChI=1S/C25H24ClFN2O3/c1-28-25(31)23(15-18-6-3-2-4-7-18)29(16-19-8-5-9-20(26)14-19)24(30)17-32-22-12-10-21(27)11-13-22/h2-14,23H,15-17H2,1H3,(H,28,31). The predicted molar refractivity (Wildman–Crippen MR) is 122 cm³/mol. The Kier molecular flexibility index (Phi) is 8.22. The van der Waals surface area contributed by atoms with Crippen molar-refractivity contribution in [3.05, 3.63) is 101 Å². The minimum Gasteiger partial charge on any atom is -0.484 e. The van der Waals surface area contributed by atoms with Crippen LogP contribution in [0.2, 0.25) is 5.02 Å². The Balaban J connectivity index is 1.86. The summed E-state index contributed by atoms with van der Waals surface area (Å²) in [5.41, 5.74) is 1.71. The average molecular weight is 455 g/mol. The highest BCUT2D eigenvalue weighted by Gasteiger charge is 2.30. The molecule has 32 heavy (non-hydrogen) atoms. The first-order valence-electron chi connectivity index (χ1n) is 10.1. The van der Waals surface area contributed by atoms with E-state index in [-0.39, 0.29) is 25.0 Å². The van der Waals surface area contributed by atoms with E-state index in [2.05, 4.69) is 5.32 Å². The molecule has 3 rings (SSSR count). The average Bonchev–Trinajstić information content (AvgIpc) is 2.81. The van der Waals surface area contributed by atoms with E-state index in [1.54, 1.807) is 18.2 Å². The highest BCUT2D eigenvalue weighted by molar-refractivity contribution is 6.30. The van der Waals surface area contributed by atoms with Gasteiger partial charge in [0.25, 0.3) is 5.91 Å². The maximum absolute atomic E-state index is 13.2. The molecule has 0 radical (unpaired) electrons. The van der Waals surface area contributed by atoms with E-state index in [9.17, 15) is 14.0 Å². The van der Waals surface area contributed by atoms with Crippen LogP contribution in [-0.2, 0) is 22.6 Å². The highest BCUT2D eigenvalue weighted by atomic mass is 35.5. The minimum atomic E-state index is -0.759. The number of rotatable bonds is 9. The Morgan fingerprint density at radius 2 is 1.69 bits per heavy atom. The first-order valence-corrected chi connectivity index (χ1v) is 10.5. The molecule has 3 aromatic carbocycles. The number of halogens is 2. The smallest absolute Gasteiger partial charge is 0.261 e. The summed E-state index contributed by atoms with van der Waals surface area (Å²) in [7, 11) is 1.54. The molecule has 2 amide bonds.